The van der Waals surface area contributed by atoms with Crippen molar-refractivity contribution in [3.63, 3.8) is 0 Å². The first-order valence-electron chi connectivity index (χ1n) is 6.13. The minimum Gasteiger partial charge on any atom is -0.497 e. The van der Waals surface area contributed by atoms with E-state index in [1.807, 2.05) is 0 Å². The lowest BCUT2D eigenvalue weighted by Gasteiger charge is -2.11. The number of methoxy groups -OCH3 is 2. The zero-order chi connectivity index (χ0) is 15.4. The van der Waals surface area contributed by atoms with Crippen molar-refractivity contribution in [2.24, 2.45) is 0 Å². The maximum atomic E-state index is 13.4. The quantitative estimate of drug-likeness (QED) is 0.849. The first-order valence-corrected chi connectivity index (χ1v) is 6.13. The molecule has 6 heteroatoms. The van der Waals surface area contributed by atoms with E-state index in [0.29, 0.717) is 17.2 Å². The van der Waals surface area contributed by atoms with Gasteiger partial charge in [-0.2, -0.15) is 0 Å². The van der Waals surface area contributed by atoms with Gasteiger partial charge in [-0.15, -0.1) is 0 Å². The lowest BCUT2D eigenvalue weighted by atomic mass is 10.1. The summed E-state index contributed by atoms with van der Waals surface area (Å²) in [5, 5.41) is 2.63. The number of halogens is 1. The summed E-state index contributed by atoms with van der Waals surface area (Å²) >= 11 is 0. The summed E-state index contributed by atoms with van der Waals surface area (Å²) in [5.41, 5.74) is 5.90. The van der Waals surface area contributed by atoms with Crippen LogP contribution in [0.5, 0.6) is 11.5 Å². The predicted molar refractivity (Wildman–Crippen MR) is 78.3 cm³/mol. The third-order valence-electron chi connectivity index (χ3n) is 2.91. The van der Waals surface area contributed by atoms with Crippen molar-refractivity contribution in [3.8, 4) is 11.5 Å². The monoisotopic (exact) mass is 290 g/mol. The molecular formula is C15H15FN2O3. The second kappa shape index (κ2) is 6.13. The third kappa shape index (κ3) is 3.22. The lowest BCUT2D eigenvalue weighted by molar-refractivity contribution is 0.102. The first-order chi connectivity index (χ1) is 10.0. The average Bonchev–Trinajstić information content (AvgIpc) is 2.49. The van der Waals surface area contributed by atoms with Crippen molar-refractivity contribution in [2.45, 2.75) is 0 Å². The lowest BCUT2D eigenvalue weighted by Crippen LogP contribution is -2.15. The van der Waals surface area contributed by atoms with Gasteiger partial charge in [-0.05, 0) is 12.1 Å². The van der Waals surface area contributed by atoms with Crippen molar-refractivity contribution in [1.82, 2.24) is 0 Å². The molecule has 2 aromatic carbocycles. The Morgan fingerprint density at radius 3 is 2.33 bits per heavy atom. The molecule has 0 aliphatic carbocycles. The molecule has 0 unspecified atom stereocenters. The minimum absolute atomic E-state index is 0.0665. The molecule has 5 nitrogen and oxygen atoms in total. The molecule has 0 fully saturated rings. The number of hydrogen-bond acceptors (Lipinski definition) is 4. The van der Waals surface area contributed by atoms with Crippen molar-refractivity contribution >= 4 is 17.3 Å². The van der Waals surface area contributed by atoms with E-state index < -0.39 is 11.7 Å². The average molecular weight is 290 g/mol. The molecule has 0 aromatic heterocycles. The Labute approximate surface area is 121 Å². The van der Waals surface area contributed by atoms with Gasteiger partial charge in [-0.3, -0.25) is 4.79 Å². The van der Waals surface area contributed by atoms with Gasteiger partial charge in [0, 0.05) is 23.9 Å². The van der Waals surface area contributed by atoms with Crippen LogP contribution in [0.15, 0.2) is 36.4 Å². The van der Waals surface area contributed by atoms with Crippen LogP contribution in [0.25, 0.3) is 0 Å². The molecule has 0 heterocycles. The maximum Gasteiger partial charge on any atom is 0.257 e. The smallest absolute Gasteiger partial charge is 0.257 e. The summed E-state index contributed by atoms with van der Waals surface area (Å²) in [6.07, 6.45) is 0. The zero-order valence-electron chi connectivity index (χ0n) is 11.6. The van der Waals surface area contributed by atoms with Crippen LogP contribution in [-0.4, -0.2) is 20.1 Å². The summed E-state index contributed by atoms with van der Waals surface area (Å²) < 4.78 is 23.6. The standard InChI is InChI=1S/C15H15FN2O3/c1-20-10-6-9(7-11(8-10)21-2)18-15(19)12-4-3-5-13(16)14(12)17/h3-8H,17H2,1-2H3,(H,18,19). The predicted octanol–water partition coefficient (Wildman–Crippen LogP) is 2.68. The molecule has 0 saturated carbocycles. The number of anilines is 2. The highest BCUT2D eigenvalue weighted by Crippen LogP contribution is 2.26. The van der Waals surface area contributed by atoms with Crippen LogP contribution in [0, 0.1) is 5.82 Å². The molecule has 3 N–H and O–H groups in total. The molecule has 2 aromatic rings. The second-order valence-corrected chi connectivity index (χ2v) is 4.26. The van der Waals surface area contributed by atoms with E-state index in [1.165, 1.54) is 32.4 Å². The summed E-state index contributed by atoms with van der Waals surface area (Å²) in [5.74, 6) is -0.0955. The number of nitrogen functional groups attached to an aromatic ring is 1. The van der Waals surface area contributed by atoms with Crippen molar-refractivity contribution in [2.75, 3.05) is 25.3 Å². The van der Waals surface area contributed by atoms with E-state index in [9.17, 15) is 9.18 Å². The normalized spacial score (nSPS) is 10.0. The van der Waals surface area contributed by atoms with Gasteiger partial charge in [-0.1, -0.05) is 6.07 Å². The SMILES string of the molecule is COc1cc(NC(=O)c2cccc(F)c2N)cc(OC)c1. The Bertz CT molecular complexity index is 652. The molecule has 21 heavy (non-hydrogen) atoms. The molecule has 0 radical (unpaired) electrons. The van der Waals surface area contributed by atoms with E-state index in [0.717, 1.165) is 0 Å². The maximum absolute atomic E-state index is 13.4. The van der Waals surface area contributed by atoms with E-state index in [1.54, 1.807) is 18.2 Å². The molecule has 0 aliphatic rings. The van der Waals surface area contributed by atoms with Gasteiger partial charge in [0.1, 0.15) is 17.3 Å². The van der Waals surface area contributed by atoms with Gasteiger partial charge in [0.15, 0.2) is 0 Å². The molecule has 0 aliphatic heterocycles. The topological polar surface area (TPSA) is 73.6 Å². The Morgan fingerprint density at radius 1 is 1.14 bits per heavy atom. The Balaban J connectivity index is 2.29. The van der Waals surface area contributed by atoms with E-state index in [4.69, 9.17) is 15.2 Å². The van der Waals surface area contributed by atoms with Gasteiger partial charge in [0.25, 0.3) is 5.91 Å². The van der Waals surface area contributed by atoms with Crippen LogP contribution in [0.2, 0.25) is 0 Å². The number of nitrogens with two attached hydrogens (primary N) is 1. The van der Waals surface area contributed by atoms with Crippen LogP contribution < -0.4 is 20.5 Å². The van der Waals surface area contributed by atoms with Crippen molar-refractivity contribution in [1.29, 1.82) is 0 Å². The minimum atomic E-state index is -0.633. The van der Waals surface area contributed by atoms with Crippen LogP contribution in [-0.2, 0) is 0 Å². The van der Waals surface area contributed by atoms with Crippen LogP contribution in [0.1, 0.15) is 10.4 Å². The fourth-order valence-corrected chi connectivity index (χ4v) is 1.81. The molecule has 0 atom stereocenters. The number of para-hydroxylation sites is 1. The Kier molecular flexibility index (Phi) is 4.27. The highest BCUT2D eigenvalue weighted by molar-refractivity contribution is 6.07. The first kappa shape index (κ1) is 14.6. The Hall–Kier alpha value is -2.76. The molecule has 0 saturated heterocycles. The highest BCUT2D eigenvalue weighted by Gasteiger charge is 2.13. The number of carbonyl (C=O) groups is 1. The van der Waals surface area contributed by atoms with Crippen LogP contribution >= 0.6 is 0 Å². The number of amides is 1. The van der Waals surface area contributed by atoms with Gasteiger partial charge >= 0.3 is 0 Å². The summed E-state index contributed by atoms with van der Waals surface area (Å²) in [7, 11) is 3.01. The molecule has 1 amide bonds. The van der Waals surface area contributed by atoms with E-state index in [2.05, 4.69) is 5.32 Å². The van der Waals surface area contributed by atoms with Crippen molar-refractivity contribution in [3.05, 3.63) is 47.8 Å². The summed E-state index contributed by atoms with van der Waals surface area (Å²) in [6, 6.07) is 8.98. The molecule has 0 bridgehead atoms. The largest absolute Gasteiger partial charge is 0.497 e. The fraction of sp³-hybridized carbons (Fsp3) is 0.133. The third-order valence-corrected chi connectivity index (χ3v) is 2.91. The molecule has 2 rings (SSSR count). The summed E-state index contributed by atoms with van der Waals surface area (Å²) in [6.45, 7) is 0. The van der Waals surface area contributed by atoms with E-state index >= 15 is 0 Å². The van der Waals surface area contributed by atoms with Crippen LogP contribution in [0.3, 0.4) is 0 Å². The number of carbonyl (C=O) groups excluding carboxylic acids is 1. The zero-order valence-corrected chi connectivity index (χ0v) is 11.6. The Morgan fingerprint density at radius 2 is 1.76 bits per heavy atom. The van der Waals surface area contributed by atoms with Gasteiger partial charge in [0.05, 0.1) is 25.5 Å². The molecule has 110 valence electrons. The molecule has 0 spiro atoms. The number of ether oxygens (including phenoxy) is 2. The van der Waals surface area contributed by atoms with Gasteiger partial charge in [-0.25, -0.2) is 4.39 Å². The number of nitrogens with one attached hydrogen (secondary N) is 1. The van der Waals surface area contributed by atoms with E-state index in [-0.39, 0.29) is 11.3 Å². The van der Waals surface area contributed by atoms with Crippen LogP contribution in [0.4, 0.5) is 15.8 Å². The number of rotatable bonds is 4. The highest BCUT2D eigenvalue weighted by atomic mass is 19.1. The second-order valence-electron chi connectivity index (χ2n) is 4.26. The molecular weight excluding hydrogens is 275 g/mol. The van der Waals surface area contributed by atoms with Crippen molar-refractivity contribution < 1.29 is 18.7 Å². The fourth-order valence-electron chi connectivity index (χ4n) is 1.81. The number of hydrogen-bond donors (Lipinski definition) is 2. The number of benzene rings is 2. The van der Waals surface area contributed by atoms with Gasteiger partial charge < -0.3 is 20.5 Å². The summed E-state index contributed by atoms with van der Waals surface area (Å²) in [4.78, 5) is 12.1. The van der Waals surface area contributed by atoms with Gasteiger partial charge in [0.2, 0.25) is 0 Å².